The van der Waals surface area contributed by atoms with Gasteiger partial charge in [-0.2, -0.15) is 0 Å². The molecule has 0 spiro atoms. The topological polar surface area (TPSA) is 102 Å². The summed E-state index contributed by atoms with van der Waals surface area (Å²) in [6.07, 6.45) is -0.150. The van der Waals surface area contributed by atoms with Crippen LogP contribution in [0.15, 0.2) is 30.3 Å². The lowest BCUT2D eigenvalue weighted by Gasteiger charge is -2.36. The van der Waals surface area contributed by atoms with Gasteiger partial charge >= 0.3 is 5.97 Å². The van der Waals surface area contributed by atoms with Gasteiger partial charge in [0.2, 0.25) is 0 Å². The van der Waals surface area contributed by atoms with Crippen LogP contribution in [0.1, 0.15) is 37.6 Å². The Morgan fingerprint density at radius 3 is 2.32 bits per heavy atom. The van der Waals surface area contributed by atoms with Gasteiger partial charge in [-0.3, -0.25) is 14.9 Å². The van der Waals surface area contributed by atoms with E-state index >= 15 is 0 Å². The molecule has 0 aromatic heterocycles. The molecule has 2 aromatic carbocycles. The fraction of sp³-hybridized carbons (Fsp3) is 0.391. The normalized spacial score (nSPS) is 18.8. The summed E-state index contributed by atoms with van der Waals surface area (Å²) in [5, 5.41) is 14.8. The number of carbonyl (C=O) groups is 2. The monoisotopic (exact) mass is 527 g/mol. The SMILES string of the molecule is CC1CC(C)CN(c2ccc(C(=O)OC(C)C(=O)Nc3cc(Cl)c(Cl)cc3Cl)cc2[N+](=O)[O-])C1. The molecule has 1 N–H and O–H groups in total. The minimum Gasteiger partial charge on any atom is -0.449 e. The summed E-state index contributed by atoms with van der Waals surface area (Å²) in [7, 11) is 0. The third-order valence-electron chi connectivity index (χ3n) is 5.54. The van der Waals surface area contributed by atoms with Gasteiger partial charge in [0.05, 0.1) is 31.2 Å². The highest BCUT2D eigenvalue weighted by Crippen LogP contribution is 2.34. The minimum absolute atomic E-state index is 0.0271. The summed E-state index contributed by atoms with van der Waals surface area (Å²) < 4.78 is 5.23. The summed E-state index contributed by atoms with van der Waals surface area (Å²) in [6.45, 7) is 6.99. The molecule has 1 heterocycles. The van der Waals surface area contributed by atoms with Gasteiger partial charge in [-0.15, -0.1) is 0 Å². The molecule has 3 unspecified atom stereocenters. The zero-order valence-electron chi connectivity index (χ0n) is 18.8. The van der Waals surface area contributed by atoms with Gasteiger partial charge in [-0.05, 0) is 49.4 Å². The molecule has 1 amide bonds. The van der Waals surface area contributed by atoms with Crippen LogP contribution in [0.4, 0.5) is 17.1 Å². The van der Waals surface area contributed by atoms with Crippen LogP contribution in [0.3, 0.4) is 0 Å². The van der Waals surface area contributed by atoms with Crippen LogP contribution in [0, 0.1) is 22.0 Å². The molecule has 0 radical (unpaired) electrons. The Morgan fingerprint density at radius 1 is 1.09 bits per heavy atom. The van der Waals surface area contributed by atoms with Crippen molar-refractivity contribution in [3.05, 3.63) is 61.1 Å². The third kappa shape index (κ3) is 6.11. The Hall–Kier alpha value is -2.55. The predicted octanol–water partition coefficient (Wildman–Crippen LogP) is 6.22. The van der Waals surface area contributed by atoms with Crippen molar-refractivity contribution in [3.8, 4) is 0 Å². The Balaban J connectivity index is 1.74. The molecule has 0 saturated carbocycles. The Kier molecular flexibility index (Phi) is 8.28. The van der Waals surface area contributed by atoms with E-state index in [1.54, 1.807) is 6.07 Å². The second-order valence-electron chi connectivity index (χ2n) is 8.59. The number of piperidine rings is 1. The molecule has 34 heavy (non-hydrogen) atoms. The molecule has 1 fully saturated rings. The number of esters is 1. The van der Waals surface area contributed by atoms with Gasteiger partial charge < -0.3 is 15.0 Å². The lowest BCUT2D eigenvalue weighted by molar-refractivity contribution is -0.384. The molecule has 8 nitrogen and oxygen atoms in total. The zero-order valence-corrected chi connectivity index (χ0v) is 21.1. The Morgan fingerprint density at radius 2 is 1.71 bits per heavy atom. The number of benzene rings is 2. The summed E-state index contributed by atoms with van der Waals surface area (Å²) in [4.78, 5) is 38.3. The number of rotatable bonds is 6. The van der Waals surface area contributed by atoms with Gasteiger partial charge in [0, 0.05) is 19.2 Å². The minimum atomic E-state index is -1.21. The van der Waals surface area contributed by atoms with Gasteiger partial charge in [0.25, 0.3) is 11.6 Å². The number of halogens is 3. The second-order valence-corrected chi connectivity index (χ2v) is 9.82. The van der Waals surface area contributed by atoms with E-state index in [1.165, 1.54) is 31.2 Å². The van der Waals surface area contributed by atoms with Crippen molar-refractivity contribution in [2.75, 3.05) is 23.3 Å². The Bertz CT molecular complexity index is 1120. The van der Waals surface area contributed by atoms with Crippen LogP contribution in [0.25, 0.3) is 0 Å². The van der Waals surface area contributed by atoms with Gasteiger partial charge in [0.15, 0.2) is 6.10 Å². The highest BCUT2D eigenvalue weighted by molar-refractivity contribution is 6.44. The lowest BCUT2D eigenvalue weighted by atomic mass is 9.91. The summed E-state index contributed by atoms with van der Waals surface area (Å²) in [6, 6.07) is 6.96. The molecule has 0 aliphatic carbocycles. The highest BCUT2D eigenvalue weighted by atomic mass is 35.5. The van der Waals surface area contributed by atoms with Crippen molar-refractivity contribution in [2.24, 2.45) is 11.8 Å². The number of carbonyl (C=O) groups excluding carboxylic acids is 2. The van der Waals surface area contributed by atoms with Crippen LogP contribution in [-0.2, 0) is 9.53 Å². The maximum absolute atomic E-state index is 12.6. The van der Waals surface area contributed by atoms with Crippen molar-refractivity contribution in [2.45, 2.75) is 33.3 Å². The molecular weight excluding hydrogens is 505 g/mol. The number of nitro benzene ring substituents is 1. The van der Waals surface area contributed by atoms with Gasteiger partial charge in [0.1, 0.15) is 5.69 Å². The first kappa shape index (κ1) is 26.1. The molecule has 1 aliphatic heterocycles. The third-order valence-corrected chi connectivity index (χ3v) is 6.57. The number of amides is 1. The fourth-order valence-corrected chi connectivity index (χ4v) is 4.65. The second kappa shape index (κ2) is 10.8. The maximum atomic E-state index is 12.6. The average Bonchev–Trinajstić information content (AvgIpc) is 2.76. The van der Waals surface area contributed by atoms with Crippen LogP contribution >= 0.6 is 34.8 Å². The molecule has 1 saturated heterocycles. The largest absolute Gasteiger partial charge is 0.449 e. The first-order chi connectivity index (χ1) is 16.0. The van der Waals surface area contributed by atoms with Crippen LogP contribution in [-0.4, -0.2) is 36.0 Å². The summed E-state index contributed by atoms with van der Waals surface area (Å²) in [5.74, 6) is -0.721. The van der Waals surface area contributed by atoms with Crippen molar-refractivity contribution < 1.29 is 19.2 Å². The van der Waals surface area contributed by atoms with Crippen LogP contribution in [0.2, 0.25) is 15.1 Å². The van der Waals surface area contributed by atoms with E-state index in [1.807, 2.05) is 4.90 Å². The van der Waals surface area contributed by atoms with Crippen LogP contribution in [0.5, 0.6) is 0 Å². The fourth-order valence-electron chi connectivity index (χ4n) is 4.06. The van der Waals surface area contributed by atoms with E-state index in [4.69, 9.17) is 39.5 Å². The van der Waals surface area contributed by atoms with E-state index in [0.29, 0.717) is 30.6 Å². The Labute approximate surface area is 212 Å². The summed E-state index contributed by atoms with van der Waals surface area (Å²) >= 11 is 17.9. The first-order valence-electron chi connectivity index (χ1n) is 10.7. The van der Waals surface area contributed by atoms with Crippen LogP contribution < -0.4 is 10.2 Å². The maximum Gasteiger partial charge on any atom is 0.339 e. The van der Waals surface area contributed by atoms with Crippen molar-refractivity contribution in [1.29, 1.82) is 0 Å². The molecule has 1 aliphatic rings. The summed E-state index contributed by atoms with van der Waals surface area (Å²) in [5.41, 5.74) is 0.449. The molecule has 0 bridgehead atoms. The van der Waals surface area contributed by atoms with Crippen molar-refractivity contribution >= 4 is 63.7 Å². The molecule has 11 heteroatoms. The van der Waals surface area contributed by atoms with Crippen molar-refractivity contribution in [3.63, 3.8) is 0 Å². The van der Waals surface area contributed by atoms with E-state index in [-0.39, 0.29) is 32.0 Å². The molecule has 3 rings (SSSR count). The van der Waals surface area contributed by atoms with E-state index in [2.05, 4.69) is 19.2 Å². The van der Waals surface area contributed by atoms with Crippen molar-refractivity contribution in [1.82, 2.24) is 0 Å². The number of hydrogen-bond acceptors (Lipinski definition) is 6. The number of hydrogen-bond donors (Lipinski definition) is 1. The number of nitro groups is 1. The molecular formula is C23H24Cl3N3O5. The number of ether oxygens (including phenoxy) is 1. The predicted molar refractivity (Wildman–Crippen MR) is 133 cm³/mol. The lowest BCUT2D eigenvalue weighted by Crippen LogP contribution is -2.39. The molecule has 2 aromatic rings. The molecule has 182 valence electrons. The van der Waals surface area contributed by atoms with E-state index in [0.717, 1.165) is 6.42 Å². The van der Waals surface area contributed by atoms with Gasteiger partial charge in [-0.25, -0.2) is 4.79 Å². The smallest absolute Gasteiger partial charge is 0.339 e. The molecule has 3 atom stereocenters. The van der Waals surface area contributed by atoms with E-state index in [9.17, 15) is 19.7 Å². The van der Waals surface area contributed by atoms with E-state index < -0.39 is 22.9 Å². The quantitative estimate of drug-likeness (QED) is 0.207. The zero-order chi connectivity index (χ0) is 25.2. The standard InChI is InChI=1S/C23H24Cl3N3O5/c1-12-6-13(2)11-28(10-12)20-5-4-15(7-21(20)29(32)33)23(31)34-14(3)22(30)27-19-9-17(25)16(24)8-18(19)26/h4-5,7-9,12-14H,6,10-11H2,1-3H3,(H,27,30). The first-order valence-corrected chi connectivity index (χ1v) is 11.8. The average molecular weight is 529 g/mol. The number of anilines is 2. The number of nitrogens with one attached hydrogen (secondary N) is 1. The van der Waals surface area contributed by atoms with Gasteiger partial charge in [-0.1, -0.05) is 48.7 Å². The number of nitrogens with zero attached hydrogens (tertiary/aromatic N) is 2. The highest BCUT2D eigenvalue weighted by Gasteiger charge is 2.29.